The maximum atomic E-state index is 12.8. The normalized spacial score (nSPS) is 15.0. The number of amides is 2. The SMILES string of the molecule is O=C(c1ccc2ncoc2c1)N1CCCN(C(=O)c2ccc(=O)[nH]n2)CC1. The Morgan fingerprint density at radius 2 is 1.78 bits per heavy atom. The molecule has 0 aliphatic carbocycles. The molecule has 27 heavy (non-hydrogen) atoms. The topological polar surface area (TPSA) is 112 Å². The first-order valence-electron chi connectivity index (χ1n) is 8.59. The van der Waals surface area contributed by atoms with Crippen molar-refractivity contribution >= 4 is 22.9 Å². The molecule has 138 valence electrons. The van der Waals surface area contributed by atoms with E-state index in [1.54, 1.807) is 28.0 Å². The second kappa shape index (κ2) is 7.02. The van der Waals surface area contributed by atoms with Gasteiger partial charge in [0, 0.05) is 37.8 Å². The van der Waals surface area contributed by atoms with Gasteiger partial charge < -0.3 is 14.2 Å². The third kappa shape index (κ3) is 3.43. The molecule has 0 bridgehead atoms. The summed E-state index contributed by atoms with van der Waals surface area (Å²) in [6, 6.07) is 7.84. The van der Waals surface area contributed by atoms with E-state index in [1.165, 1.54) is 18.5 Å². The lowest BCUT2D eigenvalue weighted by Crippen LogP contribution is -2.37. The van der Waals surface area contributed by atoms with E-state index in [9.17, 15) is 14.4 Å². The Morgan fingerprint density at radius 1 is 1.00 bits per heavy atom. The summed E-state index contributed by atoms with van der Waals surface area (Å²) in [6.45, 7) is 1.89. The van der Waals surface area contributed by atoms with E-state index in [4.69, 9.17) is 4.42 Å². The third-order valence-electron chi connectivity index (χ3n) is 4.55. The minimum Gasteiger partial charge on any atom is -0.443 e. The maximum Gasteiger partial charge on any atom is 0.274 e. The first-order valence-corrected chi connectivity index (χ1v) is 8.59. The number of nitrogens with one attached hydrogen (secondary N) is 1. The Labute approximate surface area is 153 Å². The number of H-pyrrole nitrogens is 1. The summed E-state index contributed by atoms with van der Waals surface area (Å²) >= 11 is 0. The summed E-state index contributed by atoms with van der Waals surface area (Å²) in [5, 5.41) is 6.05. The molecule has 4 rings (SSSR count). The Morgan fingerprint density at radius 3 is 2.52 bits per heavy atom. The summed E-state index contributed by atoms with van der Waals surface area (Å²) in [5.74, 6) is -0.367. The Bertz CT molecular complexity index is 1040. The lowest BCUT2D eigenvalue weighted by Gasteiger charge is -2.22. The summed E-state index contributed by atoms with van der Waals surface area (Å²) in [7, 11) is 0. The van der Waals surface area contributed by atoms with E-state index in [-0.39, 0.29) is 23.1 Å². The van der Waals surface area contributed by atoms with Crippen LogP contribution in [0.1, 0.15) is 27.3 Å². The molecule has 1 aliphatic rings. The molecule has 3 aromatic rings. The monoisotopic (exact) mass is 367 g/mol. The van der Waals surface area contributed by atoms with Crippen molar-refractivity contribution in [1.82, 2.24) is 25.0 Å². The van der Waals surface area contributed by atoms with Gasteiger partial charge in [-0.2, -0.15) is 5.10 Å². The third-order valence-corrected chi connectivity index (χ3v) is 4.55. The molecule has 1 fully saturated rings. The van der Waals surface area contributed by atoms with E-state index in [0.717, 1.165) is 0 Å². The number of fused-ring (bicyclic) bond motifs is 1. The lowest BCUT2D eigenvalue weighted by atomic mass is 10.1. The molecule has 1 aromatic carbocycles. The number of aromatic amines is 1. The van der Waals surface area contributed by atoms with Crippen LogP contribution in [0.4, 0.5) is 0 Å². The van der Waals surface area contributed by atoms with E-state index in [1.807, 2.05) is 0 Å². The maximum absolute atomic E-state index is 12.8. The predicted octanol–water partition coefficient (Wildman–Crippen LogP) is 0.899. The number of carbonyl (C=O) groups is 2. The van der Waals surface area contributed by atoms with Crippen LogP contribution in [0.3, 0.4) is 0 Å². The Balaban J connectivity index is 1.46. The standard InChI is InChI=1S/C18H17N5O4/c24-16-5-4-14(20-21-16)18(26)23-7-1-6-22(8-9-23)17(25)12-2-3-13-15(10-12)27-11-19-13/h2-5,10-11H,1,6-9H2,(H,21,24). The second-order valence-electron chi connectivity index (χ2n) is 6.28. The van der Waals surface area contributed by atoms with E-state index < -0.39 is 0 Å². The minimum absolute atomic E-state index is 0.107. The van der Waals surface area contributed by atoms with Gasteiger partial charge in [0.15, 0.2) is 12.0 Å². The average Bonchev–Trinajstić information content (AvgIpc) is 3.02. The van der Waals surface area contributed by atoms with Crippen molar-refractivity contribution in [2.75, 3.05) is 26.2 Å². The molecular weight excluding hydrogens is 350 g/mol. The fourth-order valence-corrected chi connectivity index (χ4v) is 3.12. The van der Waals surface area contributed by atoms with Crippen molar-refractivity contribution in [1.29, 1.82) is 0 Å². The van der Waals surface area contributed by atoms with Crippen molar-refractivity contribution in [3.8, 4) is 0 Å². The number of hydrogen-bond acceptors (Lipinski definition) is 6. The zero-order valence-corrected chi connectivity index (χ0v) is 14.4. The van der Waals surface area contributed by atoms with Crippen LogP contribution < -0.4 is 5.56 Å². The van der Waals surface area contributed by atoms with E-state index >= 15 is 0 Å². The Hall–Kier alpha value is -3.49. The van der Waals surface area contributed by atoms with Gasteiger partial charge in [0.25, 0.3) is 17.4 Å². The summed E-state index contributed by atoms with van der Waals surface area (Å²) < 4.78 is 5.26. The number of rotatable bonds is 2. The molecule has 9 nitrogen and oxygen atoms in total. The van der Waals surface area contributed by atoms with Gasteiger partial charge in [-0.25, -0.2) is 10.1 Å². The molecule has 0 radical (unpaired) electrons. The first-order chi connectivity index (χ1) is 13.1. The van der Waals surface area contributed by atoms with Gasteiger partial charge >= 0.3 is 0 Å². The van der Waals surface area contributed by atoms with Crippen molar-refractivity contribution in [2.45, 2.75) is 6.42 Å². The van der Waals surface area contributed by atoms with E-state index in [0.29, 0.717) is 49.3 Å². The number of carbonyl (C=O) groups excluding carboxylic acids is 2. The molecule has 1 aliphatic heterocycles. The van der Waals surface area contributed by atoms with Crippen LogP contribution in [0.2, 0.25) is 0 Å². The highest BCUT2D eigenvalue weighted by Crippen LogP contribution is 2.17. The quantitative estimate of drug-likeness (QED) is 0.720. The van der Waals surface area contributed by atoms with Crippen LogP contribution in [0, 0.1) is 0 Å². The van der Waals surface area contributed by atoms with Crippen molar-refractivity contribution in [3.63, 3.8) is 0 Å². The molecule has 1 N–H and O–H groups in total. The number of benzene rings is 1. The number of oxazole rings is 1. The predicted molar refractivity (Wildman–Crippen MR) is 95.3 cm³/mol. The molecule has 1 saturated heterocycles. The van der Waals surface area contributed by atoms with Gasteiger partial charge in [-0.05, 0) is 30.7 Å². The summed E-state index contributed by atoms with van der Waals surface area (Å²) in [6.07, 6.45) is 2.00. The molecule has 3 heterocycles. The molecule has 9 heteroatoms. The van der Waals surface area contributed by atoms with Gasteiger partial charge in [-0.1, -0.05) is 0 Å². The number of aromatic nitrogens is 3. The zero-order chi connectivity index (χ0) is 18.8. The average molecular weight is 367 g/mol. The zero-order valence-electron chi connectivity index (χ0n) is 14.4. The second-order valence-corrected chi connectivity index (χ2v) is 6.28. The highest BCUT2D eigenvalue weighted by atomic mass is 16.3. The van der Waals surface area contributed by atoms with Crippen LogP contribution in [0.5, 0.6) is 0 Å². The van der Waals surface area contributed by atoms with Crippen molar-refractivity contribution < 1.29 is 14.0 Å². The smallest absolute Gasteiger partial charge is 0.274 e. The fraction of sp³-hybridized carbons (Fsp3) is 0.278. The first kappa shape index (κ1) is 17.0. The van der Waals surface area contributed by atoms with Gasteiger partial charge in [0.1, 0.15) is 11.2 Å². The molecular formula is C18H17N5O4. The lowest BCUT2D eigenvalue weighted by molar-refractivity contribution is 0.0715. The highest BCUT2D eigenvalue weighted by Gasteiger charge is 2.24. The molecule has 0 saturated carbocycles. The van der Waals surface area contributed by atoms with Gasteiger partial charge in [-0.3, -0.25) is 14.4 Å². The van der Waals surface area contributed by atoms with Crippen LogP contribution in [0.25, 0.3) is 11.1 Å². The van der Waals surface area contributed by atoms with Crippen molar-refractivity contribution in [2.24, 2.45) is 0 Å². The van der Waals surface area contributed by atoms with Crippen LogP contribution in [-0.2, 0) is 0 Å². The van der Waals surface area contributed by atoms with E-state index in [2.05, 4.69) is 15.2 Å². The highest BCUT2D eigenvalue weighted by molar-refractivity contribution is 5.97. The Kier molecular flexibility index (Phi) is 4.41. The van der Waals surface area contributed by atoms with Gasteiger partial charge in [0.2, 0.25) is 0 Å². The van der Waals surface area contributed by atoms with Crippen LogP contribution in [0.15, 0.2) is 45.9 Å². The molecule has 2 amide bonds. The molecule has 0 spiro atoms. The van der Waals surface area contributed by atoms with Crippen LogP contribution >= 0.6 is 0 Å². The molecule has 2 aromatic heterocycles. The number of hydrogen-bond donors (Lipinski definition) is 1. The summed E-state index contributed by atoms with van der Waals surface area (Å²) in [4.78, 5) is 43.9. The molecule has 0 atom stereocenters. The largest absolute Gasteiger partial charge is 0.443 e. The van der Waals surface area contributed by atoms with Crippen LogP contribution in [-0.4, -0.2) is 63.0 Å². The fourth-order valence-electron chi connectivity index (χ4n) is 3.12. The number of nitrogens with zero attached hydrogens (tertiary/aromatic N) is 4. The summed E-state index contributed by atoms with van der Waals surface area (Å²) in [5.41, 5.74) is 1.62. The molecule has 0 unspecified atom stereocenters. The van der Waals surface area contributed by atoms with Gasteiger partial charge in [0.05, 0.1) is 0 Å². The van der Waals surface area contributed by atoms with Crippen molar-refractivity contribution in [3.05, 3.63) is 58.3 Å². The van der Waals surface area contributed by atoms with Gasteiger partial charge in [-0.15, -0.1) is 0 Å². The minimum atomic E-state index is -0.358.